The Hall–Kier alpha value is -1.46. The highest BCUT2D eigenvalue weighted by molar-refractivity contribution is 5.63. The van der Waals surface area contributed by atoms with Crippen molar-refractivity contribution in [2.75, 3.05) is 58.4 Å². The Balaban J connectivity index is 1.58. The predicted octanol–water partition coefficient (Wildman–Crippen LogP) is 1.37. The smallest absolute Gasteiger partial charge is 0.163 e. The van der Waals surface area contributed by atoms with Gasteiger partial charge in [-0.15, -0.1) is 0 Å². The summed E-state index contributed by atoms with van der Waals surface area (Å²) in [4.78, 5) is 2.36. The van der Waals surface area contributed by atoms with Gasteiger partial charge in [0.25, 0.3) is 0 Å². The highest BCUT2D eigenvalue weighted by atomic mass is 16.5. The standard InChI is InChI=1S/C15H22N2O3/c1-18-14-10-12-2-3-16-13(12)11-15(14)20-9-6-17-4-7-19-8-5-17/h10-11,16H,2-9H2,1H3. The van der Waals surface area contributed by atoms with Crippen molar-refractivity contribution in [1.82, 2.24) is 4.90 Å². The molecule has 3 rings (SSSR count). The van der Waals surface area contributed by atoms with Gasteiger partial charge in [0, 0.05) is 37.9 Å². The van der Waals surface area contributed by atoms with Crippen LogP contribution in [0.1, 0.15) is 5.56 Å². The van der Waals surface area contributed by atoms with Crippen LogP contribution in [0.2, 0.25) is 0 Å². The molecule has 1 fully saturated rings. The second kappa shape index (κ2) is 6.33. The van der Waals surface area contributed by atoms with Crippen LogP contribution in [-0.2, 0) is 11.2 Å². The average molecular weight is 278 g/mol. The van der Waals surface area contributed by atoms with Crippen molar-refractivity contribution < 1.29 is 14.2 Å². The molecule has 2 aliphatic heterocycles. The Morgan fingerprint density at radius 1 is 1.25 bits per heavy atom. The lowest BCUT2D eigenvalue weighted by Crippen LogP contribution is -2.38. The van der Waals surface area contributed by atoms with Gasteiger partial charge >= 0.3 is 0 Å². The monoisotopic (exact) mass is 278 g/mol. The van der Waals surface area contributed by atoms with Crippen LogP contribution in [0.25, 0.3) is 0 Å². The summed E-state index contributed by atoms with van der Waals surface area (Å²) in [5, 5.41) is 3.37. The molecule has 0 unspecified atom stereocenters. The molecule has 2 aliphatic rings. The number of hydrogen-bond donors (Lipinski definition) is 1. The molecular weight excluding hydrogens is 256 g/mol. The summed E-state index contributed by atoms with van der Waals surface area (Å²) < 4.78 is 16.7. The normalized spacial score (nSPS) is 18.4. The summed E-state index contributed by atoms with van der Waals surface area (Å²) in [6, 6.07) is 4.14. The summed E-state index contributed by atoms with van der Waals surface area (Å²) in [6.07, 6.45) is 1.06. The maximum atomic E-state index is 5.91. The van der Waals surface area contributed by atoms with Crippen LogP contribution in [0.5, 0.6) is 11.5 Å². The highest BCUT2D eigenvalue weighted by Crippen LogP contribution is 2.35. The van der Waals surface area contributed by atoms with E-state index in [1.165, 1.54) is 11.3 Å². The van der Waals surface area contributed by atoms with Gasteiger partial charge < -0.3 is 19.5 Å². The first-order valence-electron chi connectivity index (χ1n) is 7.24. The lowest BCUT2D eigenvalue weighted by molar-refractivity contribution is 0.0321. The van der Waals surface area contributed by atoms with Gasteiger partial charge in [0.05, 0.1) is 20.3 Å². The van der Waals surface area contributed by atoms with E-state index >= 15 is 0 Å². The van der Waals surface area contributed by atoms with E-state index in [0.717, 1.165) is 57.3 Å². The number of methoxy groups -OCH3 is 1. The van der Waals surface area contributed by atoms with Gasteiger partial charge in [-0.05, 0) is 18.1 Å². The van der Waals surface area contributed by atoms with Crippen molar-refractivity contribution in [3.8, 4) is 11.5 Å². The molecule has 2 heterocycles. The second-order valence-electron chi connectivity index (χ2n) is 5.14. The minimum absolute atomic E-state index is 0.676. The summed E-state index contributed by atoms with van der Waals surface area (Å²) >= 11 is 0. The van der Waals surface area contributed by atoms with Gasteiger partial charge in [-0.3, -0.25) is 4.90 Å². The van der Waals surface area contributed by atoms with Crippen LogP contribution in [0.3, 0.4) is 0 Å². The number of ether oxygens (including phenoxy) is 3. The van der Waals surface area contributed by atoms with Gasteiger partial charge in [-0.25, -0.2) is 0 Å². The van der Waals surface area contributed by atoms with E-state index in [1.807, 2.05) is 0 Å². The molecule has 0 aromatic heterocycles. The van der Waals surface area contributed by atoms with Gasteiger partial charge in [0.1, 0.15) is 6.61 Å². The Kier molecular flexibility index (Phi) is 4.28. The van der Waals surface area contributed by atoms with Crippen LogP contribution >= 0.6 is 0 Å². The zero-order valence-electron chi connectivity index (χ0n) is 12.0. The zero-order valence-corrected chi connectivity index (χ0v) is 12.0. The van der Waals surface area contributed by atoms with Gasteiger partial charge in [-0.2, -0.15) is 0 Å². The number of morpholine rings is 1. The number of nitrogens with zero attached hydrogens (tertiary/aromatic N) is 1. The lowest BCUT2D eigenvalue weighted by Gasteiger charge is -2.26. The Labute approximate surface area is 119 Å². The fraction of sp³-hybridized carbons (Fsp3) is 0.600. The van der Waals surface area contributed by atoms with E-state index in [-0.39, 0.29) is 0 Å². The SMILES string of the molecule is COc1cc2c(cc1OCCN1CCOCC1)NCC2. The van der Waals surface area contributed by atoms with Crippen LogP contribution < -0.4 is 14.8 Å². The van der Waals surface area contributed by atoms with E-state index in [0.29, 0.717) is 6.61 Å². The molecule has 5 heteroatoms. The van der Waals surface area contributed by atoms with Crippen molar-refractivity contribution in [2.45, 2.75) is 6.42 Å². The number of benzene rings is 1. The van der Waals surface area contributed by atoms with Gasteiger partial charge in [0.2, 0.25) is 0 Å². The fourth-order valence-electron chi connectivity index (χ4n) is 2.69. The van der Waals surface area contributed by atoms with Gasteiger partial charge in [0.15, 0.2) is 11.5 Å². The van der Waals surface area contributed by atoms with E-state index in [1.54, 1.807) is 7.11 Å². The first-order valence-corrected chi connectivity index (χ1v) is 7.24. The molecule has 0 spiro atoms. The highest BCUT2D eigenvalue weighted by Gasteiger charge is 2.16. The van der Waals surface area contributed by atoms with Crippen LogP contribution in [0.4, 0.5) is 5.69 Å². The van der Waals surface area contributed by atoms with E-state index < -0.39 is 0 Å². The number of hydrogen-bond acceptors (Lipinski definition) is 5. The molecule has 1 N–H and O–H groups in total. The number of fused-ring (bicyclic) bond motifs is 1. The third-order valence-electron chi connectivity index (χ3n) is 3.87. The molecule has 1 aromatic carbocycles. The van der Waals surface area contributed by atoms with Crippen molar-refractivity contribution in [3.63, 3.8) is 0 Å². The molecule has 0 aliphatic carbocycles. The molecule has 0 bridgehead atoms. The Morgan fingerprint density at radius 2 is 2.10 bits per heavy atom. The first kappa shape index (κ1) is 13.5. The molecule has 110 valence electrons. The number of anilines is 1. The Bertz CT molecular complexity index is 459. The molecule has 20 heavy (non-hydrogen) atoms. The van der Waals surface area contributed by atoms with Crippen LogP contribution in [0.15, 0.2) is 12.1 Å². The van der Waals surface area contributed by atoms with Crippen LogP contribution in [0, 0.1) is 0 Å². The lowest BCUT2D eigenvalue weighted by atomic mass is 10.1. The molecule has 1 aromatic rings. The van der Waals surface area contributed by atoms with Crippen molar-refractivity contribution in [1.29, 1.82) is 0 Å². The number of nitrogens with one attached hydrogen (secondary N) is 1. The van der Waals surface area contributed by atoms with Crippen LogP contribution in [-0.4, -0.2) is 58.0 Å². The average Bonchev–Trinajstić information content (AvgIpc) is 2.94. The summed E-state index contributed by atoms with van der Waals surface area (Å²) in [7, 11) is 1.69. The quantitative estimate of drug-likeness (QED) is 0.881. The topological polar surface area (TPSA) is 43.0 Å². The molecule has 1 saturated heterocycles. The summed E-state index contributed by atoms with van der Waals surface area (Å²) in [6.45, 7) is 6.23. The van der Waals surface area contributed by atoms with E-state index in [2.05, 4.69) is 22.3 Å². The minimum atomic E-state index is 0.676. The van der Waals surface area contributed by atoms with Gasteiger partial charge in [-0.1, -0.05) is 0 Å². The molecule has 0 atom stereocenters. The fourth-order valence-corrected chi connectivity index (χ4v) is 2.69. The first-order chi connectivity index (χ1) is 9.86. The zero-order chi connectivity index (χ0) is 13.8. The molecule has 5 nitrogen and oxygen atoms in total. The second-order valence-corrected chi connectivity index (χ2v) is 5.14. The number of rotatable bonds is 5. The predicted molar refractivity (Wildman–Crippen MR) is 77.9 cm³/mol. The third kappa shape index (κ3) is 2.99. The summed E-state index contributed by atoms with van der Waals surface area (Å²) in [5.74, 6) is 1.66. The summed E-state index contributed by atoms with van der Waals surface area (Å²) in [5.41, 5.74) is 2.48. The van der Waals surface area contributed by atoms with E-state index in [4.69, 9.17) is 14.2 Å². The van der Waals surface area contributed by atoms with E-state index in [9.17, 15) is 0 Å². The molecular formula is C15H22N2O3. The molecule has 0 radical (unpaired) electrons. The molecule has 0 saturated carbocycles. The third-order valence-corrected chi connectivity index (χ3v) is 3.87. The molecule has 0 amide bonds. The van der Waals surface area contributed by atoms with Crippen molar-refractivity contribution in [2.24, 2.45) is 0 Å². The largest absolute Gasteiger partial charge is 0.493 e. The van der Waals surface area contributed by atoms with Crippen molar-refractivity contribution in [3.05, 3.63) is 17.7 Å². The minimum Gasteiger partial charge on any atom is -0.493 e. The Morgan fingerprint density at radius 3 is 2.90 bits per heavy atom. The van der Waals surface area contributed by atoms with Crippen molar-refractivity contribution >= 4 is 5.69 Å². The maximum absolute atomic E-state index is 5.91. The maximum Gasteiger partial charge on any atom is 0.163 e.